The number of fused-ring (bicyclic) bond motifs is 1. The zero-order chi connectivity index (χ0) is 22.9. The Morgan fingerprint density at radius 1 is 0.970 bits per heavy atom. The molecule has 0 N–H and O–H groups in total. The summed E-state index contributed by atoms with van der Waals surface area (Å²) in [6, 6.07) is 11.6. The highest BCUT2D eigenvalue weighted by atomic mass is 19.1. The van der Waals surface area contributed by atoms with Crippen molar-refractivity contribution in [3.8, 4) is 22.8 Å². The maximum atomic E-state index is 13.5. The molecule has 0 saturated heterocycles. The maximum absolute atomic E-state index is 13.5. The van der Waals surface area contributed by atoms with E-state index < -0.39 is 0 Å². The second kappa shape index (κ2) is 8.50. The SMILES string of the molecule is Cc1ncc2c(n1)CCN(C(=O)Cn1nc(-c3ccc(F)cc3)nc1-c1ccc(F)cc1)C2. The van der Waals surface area contributed by atoms with Crippen molar-refractivity contribution in [1.29, 1.82) is 0 Å². The van der Waals surface area contributed by atoms with Crippen molar-refractivity contribution in [2.75, 3.05) is 6.54 Å². The standard InChI is InChI=1S/C24H20F2N6O/c1-15-27-12-18-13-31(11-10-21(18)28-15)22(33)14-32-24(17-4-8-20(26)9-5-17)29-23(30-32)16-2-6-19(25)7-3-16/h2-9,12H,10-11,13-14H2,1H3. The normalized spacial score (nSPS) is 13.1. The number of nitrogens with zero attached hydrogens (tertiary/aromatic N) is 6. The molecule has 1 aliphatic heterocycles. The first kappa shape index (κ1) is 20.9. The molecule has 33 heavy (non-hydrogen) atoms. The minimum absolute atomic E-state index is 0.0387. The second-order valence-electron chi connectivity index (χ2n) is 7.88. The van der Waals surface area contributed by atoms with Gasteiger partial charge in [-0.25, -0.2) is 28.4 Å². The molecule has 0 spiro atoms. The van der Waals surface area contributed by atoms with Gasteiger partial charge in [-0.15, -0.1) is 5.10 Å². The van der Waals surface area contributed by atoms with E-state index in [1.165, 1.54) is 28.9 Å². The Balaban J connectivity index is 1.45. The van der Waals surface area contributed by atoms with E-state index in [1.807, 2.05) is 6.92 Å². The van der Waals surface area contributed by atoms with Gasteiger partial charge in [-0.1, -0.05) is 0 Å². The van der Waals surface area contributed by atoms with Gasteiger partial charge in [0.15, 0.2) is 11.6 Å². The van der Waals surface area contributed by atoms with Crippen LogP contribution in [0.15, 0.2) is 54.7 Å². The fourth-order valence-corrected chi connectivity index (χ4v) is 3.84. The van der Waals surface area contributed by atoms with E-state index in [4.69, 9.17) is 0 Å². The first-order valence-electron chi connectivity index (χ1n) is 10.5. The molecule has 0 saturated carbocycles. The Morgan fingerprint density at radius 2 is 1.64 bits per heavy atom. The number of benzene rings is 2. The molecule has 0 aliphatic carbocycles. The quantitative estimate of drug-likeness (QED) is 0.479. The minimum atomic E-state index is -0.371. The van der Waals surface area contributed by atoms with Crippen molar-refractivity contribution in [2.24, 2.45) is 0 Å². The van der Waals surface area contributed by atoms with Crippen LogP contribution in [0.2, 0.25) is 0 Å². The van der Waals surface area contributed by atoms with Crippen LogP contribution in [0, 0.1) is 18.6 Å². The monoisotopic (exact) mass is 446 g/mol. The summed E-state index contributed by atoms with van der Waals surface area (Å²) in [5.41, 5.74) is 3.14. The molecule has 1 amide bonds. The number of aryl methyl sites for hydroxylation is 1. The van der Waals surface area contributed by atoms with Crippen molar-refractivity contribution in [1.82, 2.24) is 29.6 Å². The molecule has 7 nitrogen and oxygen atoms in total. The van der Waals surface area contributed by atoms with E-state index in [0.29, 0.717) is 48.1 Å². The van der Waals surface area contributed by atoms with Crippen LogP contribution in [0.1, 0.15) is 17.1 Å². The summed E-state index contributed by atoms with van der Waals surface area (Å²) in [7, 11) is 0. The number of hydrogen-bond acceptors (Lipinski definition) is 5. The Kier molecular flexibility index (Phi) is 5.37. The zero-order valence-corrected chi connectivity index (χ0v) is 17.9. The summed E-state index contributed by atoms with van der Waals surface area (Å²) in [6.07, 6.45) is 2.43. The lowest BCUT2D eigenvalue weighted by Crippen LogP contribution is -2.38. The summed E-state index contributed by atoms with van der Waals surface area (Å²) in [6.45, 7) is 2.79. The van der Waals surface area contributed by atoms with Crippen LogP contribution < -0.4 is 0 Å². The van der Waals surface area contributed by atoms with Gasteiger partial charge in [-0.05, 0) is 55.5 Å². The summed E-state index contributed by atoms with van der Waals surface area (Å²) in [5.74, 6) is 0.642. The second-order valence-corrected chi connectivity index (χ2v) is 7.88. The number of carbonyl (C=O) groups excluding carboxylic acids is 1. The van der Waals surface area contributed by atoms with Crippen molar-refractivity contribution in [3.63, 3.8) is 0 Å². The van der Waals surface area contributed by atoms with Crippen LogP contribution in [0.4, 0.5) is 8.78 Å². The summed E-state index contributed by atoms with van der Waals surface area (Å²) in [4.78, 5) is 28.2. The van der Waals surface area contributed by atoms with E-state index in [9.17, 15) is 13.6 Å². The van der Waals surface area contributed by atoms with Gasteiger partial charge in [0.05, 0.1) is 5.69 Å². The van der Waals surface area contributed by atoms with Crippen LogP contribution in [0.25, 0.3) is 22.8 Å². The molecule has 3 heterocycles. The molecule has 9 heteroatoms. The Morgan fingerprint density at radius 3 is 2.33 bits per heavy atom. The fraction of sp³-hybridized carbons (Fsp3) is 0.208. The Hall–Kier alpha value is -4.01. The molecule has 5 rings (SSSR count). The van der Waals surface area contributed by atoms with Crippen molar-refractivity contribution in [2.45, 2.75) is 26.4 Å². The van der Waals surface area contributed by atoms with E-state index in [-0.39, 0.29) is 24.1 Å². The van der Waals surface area contributed by atoms with Gasteiger partial charge in [0.2, 0.25) is 5.91 Å². The lowest BCUT2D eigenvalue weighted by atomic mass is 10.1. The van der Waals surface area contributed by atoms with Gasteiger partial charge in [0, 0.05) is 42.4 Å². The van der Waals surface area contributed by atoms with Gasteiger partial charge < -0.3 is 4.90 Å². The molecular formula is C24H20F2N6O. The summed E-state index contributed by atoms with van der Waals surface area (Å²) < 4.78 is 28.3. The molecule has 166 valence electrons. The first-order valence-corrected chi connectivity index (χ1v) is 10.5. The van der Waals surface area contributed by atoms with E-state index in [1.54, 1.807) is 35.4 Å². The molecule has 2 aromatic heterocycles. The van der Waals surface area contributed by atoms with Gasteiger partial charge >= 0.3 is 0 Å². The van der Waals surface area contributed by atoms with E-state index >= 15 is 0 Å². The molecule has 4 aromatic rings. The van der Waals surface area contributed by atoms with Crippen LogP contribution in [0.5, 0.6) is 0 Å². The maximum Gasteiger partial charge on any atom is 0.244 e. The Labute approximate surface area is 188 Å². The average Bonchev–Trinajstić information content (AvgIpc) is 3.23. The van der Waals surface area contributed by atoms with E-state index in [2.05, 4.69) is 20.1 Å². The van der Waals surface area contributed by atoms with Gasteiger partial charge in [-0.3, -0.25) is 4.79 Å². The van der Waals surface area contributed by atoms with Gasteiger partial charge in [0.1, 0.15) is 24.0 Å². The highest BCUT2D eigenvalue weighted by Gasteiger charge is 2.24. The van der Waals surface area contributed by atoms with Crippen LogP contribution in [0.3, 0.4) is 0 Å². The van der Waals surface area contributed by atoms with E-state index in [0.717, 1.165) is 11.3 Å². The van der Waals surface area contributed by atoms with Crippen molar-refractivity contribution < 1.29 is 13.6 Å². The Bertz CT molecular complexity index is 1320. The third-order valence-corrected chi connectivity index (χ3v) is 5.57. The number of halogens is 2. The third kappa shape index (κ3) is 4.34. The zero-order valence-electron chi connectivity index (χ0n) is 17.9. The predicted molar refractivity (Wildman–Crippen MR) is 117 cm³/mol. The molecular weight excluding hydrogens is 426 g/mol. The van der Waals surface area contributed by atoms with Crippen molar-refractivity contribution >= 4 is 5.91 Å². The molecule has 0 bridgehead atoms. The van der Waals surface area contributed by atoms with Gasteiger partial charge in [-0.2, -0.15) is 0 Å². The average molecular weight is 446 g/mol. The number of carbonyl (C=O) groups is 1. The van der Waals surface area contributed by atoms with Gasteiger partial charge in [0.25, 0.3) is 0 Å². The summed E-state index contributed by atoms with van der Waals surface area (Å²) in [5, 5.41) is 4.52. The first-order chi connectivity index (χ1) is 16.0. The number of hydrogen-bond donors (Lipinski definition) is 0. The number of aromatic nitrogens is 5. The molecule has 0 radical (unpaired) electrons. The third-order valence-electron chi connectivity index (χ3n) is 5.57. The van der Waals surface area contributed by atoms with Crippen LogP contribution in [-0.4, -0.2) is 42.1 Å². The minimum Gasteiger partial charge on any atom is -0.336 e. The lowest BCUT2D eigenvalue weighted by molar-refractivity contribution is -0.133. The lowest BCUT2D eigenvalue weighted by Gasteiger charge is -2.28. The molecule has 0 atom stereocenters. The molecule has 2 aromatic carbocycles. The molecule has 0 fully saturated rings. The number of amides is 1. The fourth-order valence-electron chi connectivity index (χ4n) is 3.84. The number of rotatable bonds is 4. The highest BCUT2D eigenvalue weighted by molar-refractivity contribution is 5.77. The van der Waals surface area contributed by atoms with Crippen LogP contribution in [-0.2, 0) is 24.3 Å². The molecule has 1 aliphatic rings. The van der Waals surface area contributed by atoms with Crippen molar-refractivity contribution in [3.05, 3.63) is 83.4 Å². The smallest absolute Gasteiger partial charge is 0.244 e. The largest absolute Gasteiger partial charge is 0.336 e. The topological polar surface area (TPSA) is 76.8 Å². The predicted octanol–water partition coefficient (Wildman–Crippen LogP) is 3.57. The molecule has 0 unspecified atom stereocenters. The highest BCUT2D eigenvalue weighted by Crippen LogP contribution is 2.24. The summed E-state index contributed by atoms with van der Waals surface area (Å²) >= 11 is 0. The van der Waals surface area contributed by atoms with Crippen LogP contribution >= 0.6 is 0 Å².